The van der Waals surface area contributed by atoms with Gasteiger partial charge in [0.1, 0.15) is 11.6 Å². The normalized spacial score (nSPS) is 13.8. The Hall–Kier alpha value is -3.87. The number of rotatable bonds is 4. The molecule has 1 amide bonds. The summed E-state index contributed by atoms with van der Waals surface area (Å²) in [7, 11) is 0. The standard InChI is InChI=1S/C24H21FN2O4/c25-22-15-18(6-9-21(22)17-2-1-3-20(28)14-17)23(29)27-12-10-26(11-13-27)19-7-4-16(5-8-19)24(30)31/h1-9,14-15,28H,10-13H2,(H,30,31). The lowest BCUT2D eigenvalue weighted by Crippen LogP contribution is -2.48. The molecule has 4 rings (SSSR count). The van der Waals surface area contributed by atoms with E-state index in [0.29, 0.717) is 37.3 Å². The number of benzene rings is 3. The molecule has 0 radical (unpaired) electrons. The number of aromatic carboxylic acids is 1. The highest BCUT2D eigenvalue weighted by Gasteiger charge is 2.23. The predicted molar refractivity (Wildman–Crippen MR) is 115 cm³/mol. The van der Waals surface area contributed by atoms with Crippen LogP contribution in [0.15, 0.2) is 66.7 Å². The van der Waals surface area contributed by atoms with Gasteiger partial charge in [0, 0.05) is 43.0 Å². The summed E-state index contributed by atoms with van der Waals surface area (Å²) in [6.07, 6.45) is 0. The topological polar surface area (TPSA) is 81.1 Å². The van der Waals surface area contributed by atoms with Crippen molar-refractivity contribution in [1.82, 2.24) is 4.90 Å². The third-order valence-corrected chi connectivity index (χ3v) is 5.42. The number of hydrogen-bond donors (Lipinski definition) is 2. The van der Waals surface area contributed by atoms with Crippen molar-refractivity contribution in [2.75, 3.05) is 31.1 Å². The van der Waals surface area contributed by atoms with E-state index in [4.69, 9.17) is 5.11 Å². The molecule has 0 atom stereocenters. The average Bonchev–Trinajstić information content (AvgIpc) is 2.78. The van der Waals surface area contributed by atoms with Gasteiger partial charge < -0.3 is 20.0 Å². The molecule has 0 bridgehead atoms. The maximum atomic E-state index is 14.7. The molecular weight excluding hydrogens is 399 g/mol. The molecule has 1 aliphatic rings. The lowest BCUT2D eigenvalue weighted by molar-refractivity contribution is 0.0695. The summed E-state index contributed by atoms with van der Waals surface area (Å²) < 4.78 is 14.7. The van der Waals surface area contributed by atoms with Crippen LogP contribution in [-0.4, -0.2) is 53.2 Å². The Kier molecular flexibility index (Phi) is 5.58. The molecule has 1 saturated heterocycles. The number of nitrogens with zero attached hydrogens (tertiary/aromatic N) is 2. The molecule has 31 heavy (non-hydrogen) atoms. The molecule has 3 aromatic carbocycles. The molecule has 0 saturated carbocycles. The number of carboxylic acids is 1. The van der Waals surface area contributed by atoms with Gasteiger partial charge in [0.05, 0.1) is 5.56 Å². The summed E-state index contributed by atoms with van der Waals surface area (Å²) >= 11 is 0. The number of phenolic OH excluding ortho intramolecular Hbond substituents is 1. The lowest BCUT2D eigenvalue weighted by Gasteiger charge is -2.36. The summed E-state index contributed by atoms with van der Waals surface area (Å²) in [6.45, 7) is 2.16. The van der Waals surface area contributed by atoms with Crippen LogP contribution in [0.1, 0.15) is 20.7 Å². The second-order valence-electron chi connectivity index (χ2n) is 7.38. The first-order chi connectivity index (χ1) is 14.9. The van der Waals surface area contributed by atoms with Crippen LogP contribution in [0.4, 0.5) is 10.1 Å². The maximum absolute atomic E-state index is 14.7. The zero-order valence-corrected chi connectivity index (χ0v) is 16.7. The smallest absolute Gasteiger partial charge is 0.335 e. The number of hydrogen-bond acceptors (Lipinski definition) is 4. The molecule has 7 heteroatoms. The molecule has 3 aromatic rings. The van der Waals surface area contributed by atoms with E-state index in [0.717, 1.165) is 5.69 Å². The van der Waals surface area contributed by atoms with E-state index in [-0.39, 0.29) is 22.8 Å². The fourth-order valence-corrected chi connectivity index (χ4v) is 3.72. The Morgan fingerprint density at radius 3 is 2.13 bits per heavy atom. The van der Waals surface area contributed by atoms with Gasteiger partial charge in [0.25, 0.3) is 5.91 Å². The summed E-state index contributed by atoms with van der Waals surface area (Å²) in [4.78, 5) is 27.6. The number of carbonyl (C=O) groups excluding carboxylic acids is 1. The molecule has 2 N–H and O–H groups in total. The van der Waals surface area contributed by atoms with Gasteiger partial charge in [-0.3, -0.25) is 4.79 Å². The van der Waals surface area contributed by atoms with Crippen LogP contribution in [0.2, 0.25) is 0 Å². The van der Waals surface area contributed by atoms with Crippen LogP contribution >= 0.6 is 0 Å². The van der Waals surface area contributed by atoms with Gasteiger partial charge in [-0.15, -0.1) is 0 Å². The SMILES string of the molecule is O=C(O)c1ccc(N2CCN(C(=O)c3ccc(-c4cccc(O)c4)c(F)c3)CC2)cc1. The van der Waals surface area contributed by atoms with Gasteiger partial charge in [-0.05, 0) is 54.1 Å². The predicted octanol–water partition coefficient (Wildman–Crippen LogP) is 3.86. The largest absolute Gasteiger partial charge is 0.508 e. The van der Waals surface area contributed by atoms with Crippen LogP contribution in [0.5, 0.6) is 5.75 Å². The van der Waals surface area contributed by atoms with Gasteiger partial charge in [0.15, 0.2) is 0 Å². The Morgan fingerprint density at radius 2 is 1.52 bits per heavy atom. The van der Waals surface area contributed by atoms with Crippen molar-refractivity contribution in [3.63, 3.8) is 0 Å². The van der Waals surface area contributed by atoms with E-state index >= 15 is 0 Å². The van der Waals surface area contributed by atoms with Crippen LogP contribution < -0.4 is 4.90 Å². The zero-order chi connectivity index (χ0) is 22.0. The monoisotopic (exact) mass is 420 g/mol. The van der Waals surface area contributed by atoms with Crippen molar-refractivity contribution in [3.8, 4) is 16.9 Å². The number of phenols is 1. The van der Waals surface area contributed by atoms with Crippen molar-refractivity contribution >= 4 is 17.6 Å². The number of piperazine rings is 1. The Labute approximate surface area is 178 Å². The van der Waals surface area contributed by atoms with E-state index in [1.54, 1.807) is 53.4 Å². The molecule has 158 valence electrons. The highest BCUT2D eigenvalue weighted by Crippen LogP contribution is 2.27. The third kappa shape index (κ3) is 4.35. The van der Waals surface area contributed by atoms with Gasteiger partial charge in [-0.2, -0.15) is 0 Å². The summed E-state index contributed by atoms with van der Waals surface area (Å²) in [5.74, 6) is -1.67. The van der Waals surface area contributed by atoms with E-state index in [1.165, 1.54) is 18.2 Å². The summed E-state index contributed by atoms with van der Waals surface area (Å²) in [6, 6.07) is 17.4. The fraction of sp³-hybridized carbons (Fsp3) is 0.167. The van der Waals surface area contributed by atoms with Crippen LogP contribution in [0.3, 0.4) is 0 Å². The van der Waals surface area contributed by atoms with Crippen molar-refractivity contribution < 1.29 is 24.2 Å². The first-order valence-electron chi connectivity index (χ1n) is 9.89. The zero-order valence-electron chi connectivity index (χ0n) is 16.7. The van der Waals surface area contributed by atoms with Gasteiger partial charge in [-0.25, -0.2) is 9.18 Å². The quantitative estimate of drug-likeness (QED) is 0.670. The van der Waals surface area contributed by atoms with Gasteiger partial charge >= 0.3 is 5.97 Å². The number of aromatic hydroxyl groups is 1. The molecule has 1 fully saturated rings. The number of anilines is 1. The minimum atomic E-state index is -0.968. The van der Waals surface area contributed by atoms with Crippen molar-refractivity contribution in [2.45, 2.75) is 0 Å². The van der Waals surface area contributed by atoms with E-state index < -0.39 is 11.8 Å². The van der Waals surface area contributed by atoms with Crippen molar-refractivity contribution in [3.05, 3.63) is 83.7 Å². The molecule has 6 nitrogen and oxygen atoms in total. The van der Waals surface area contributed by atoms with Crippen LogP contribution in [0.25, 0.3) is 11.1 Å². The first kappa shape index (κ1) is 20.4. The molecule has 0 unspecified atom stereocenters. The number of halogens is 1. The fourth-order valence-electron chi connectivity index (χ4n) is 3.72. The summed E-state index contributed by atoms with van der Waals surface area (Å²) in [5, 5.41) is 18.6. The molecule has 0 aromatic heterocycles. The Bertz CT molecular complexity index is 1120. The average molecular weight is 420 g/mol. The second kappa shape index (κ2) is 8.47. The minimum Gasteiger partial charge on any atom is -0.508 e. The Balaban J connectivity index is 1.42. The maximum Gasteiger partial charge on any atom is 0.335 e. The van der Waals surface area contributed by atoms with Crippen LogP contribution in [0, 0.1) is 5.82 Å². The molecule has 1 heterocycles. The number of amides is 1. The minimum absolute atomic E-state index is 0.0486. The first-order valence-corrected chi connectivity index (χ1v) is 9.89. The van der Waals surface area contributed by atoms with E-state index in [1.807, 2.05) is 0 Å². The van der Waals surface area contributed by atoms with E-state index in [9.17, 15) is 19.1 Å². The molecule has 0 spiro atoms. The molecule has 1 aliphatic heterocycles. The van der Waals surface area contributed by atoms with Crippen LogP contribution in [-0.2, 0) is 0 Å². The molecular formula is C24H21FN2O4. The second-order valence-corrected chi connectivity index (χ2v) is 7.38. The van der Waals surface area contributed by atoms with Crippen molar-refractivity contribution in [1.29, 1.82) is 0 Å². The Morgan fingerprint density at radius 1 is 0.839 bits per heavy atom. The van der Waals surface area contributed by atoms with Crippen molar-refractivity contribution in [2.24, 2.45) is 0 Å². The highest BCUT2D eigenvalue weighted by atomic mass is 19.1. The molecule has 0 aliphatic carbocycles. The van der Waals surface area contributed by atoms with Gasteiger partial charge in [0.2, 0.25) is 0 Å². The lowest BCUT2D eigenvalue weighted by atomic mass is 10.0. The highest BCUT2D eigenvalue weighted by molar-refractivity contribution is 5.95. The van der Waals surface area contributed by atoms with Gasteiger partial charge in [-0.1, -0.05) is 18.2 Å². The number of carbonyl (C=O) groups is 2. The van der Waals surface area contributed by atoms with E-state index in [2.05, 4.69) is 4.90 Å². The number of carboxylic acid groups (broad SMARTS) is 1. The summed E-state index contributed by atoms with van der Waals surface area (Å²) in [5.41, 5.74) is 2.27. The third-order valence-electron chi connectivity index (χ3n) is 5.42.